The molecule has 0 spiro atoms. The third-order valence-corrected chi connectivity index (χ3v) is 4.41. The molecule has 0 aromatic heterocycles. The number of morpholine rings is 1. The van der Waals surface area contributed by atoms with Crippen LogP contribution >= 0.6 is 0 Å². The molecule has 1 saturated heterocycles. The van der Waals surface area contributed by atoms with Gasteiger partial charge in [0.15, 0.2) is 0 Å². The van der Waals surface area contributed by atoms with E-state index in [2.05, 4.69) is 34.5 Å². The molecule has 0 saturated carbocycles. The molecule has 0 aliphatic carbocycles. The van der Waals surface area contributed by atoms with Crippen molar-refractivity contribution in [3.8, 4) is 0 Å². The number of rotatable bonds is 7. The van der Waals surface area contributed by atoms with Crippen LogP contribution in [0.4, 0.5) is 5.69 Å². The zero-order valence-electron chi connectivity index (χ0n) is 13.3. The Morgan fingerprint density at radius 3 is 2.33 bits per heavy atom. The molecule has 0 atom stereocenters. The second kappa shape index (κ2) is 7.78. The highest BCUT2D eigenvalue weighted by atomic mass is 16.5. The minimum Gasteiger partial charge on any atom is -0.389 e. The molecule has 4 heteroatoms. The van der Waals surface area contributed by atoms with Crippen molar-refractivity contribution in [2.24, 2.45) is 0 Å². The Morgan fingerprint density at radius 2 is 1.76 bits per heavy atom. The standard InChI is InChI=1S/C17H28N2O2/c1-3-17(20,4-2)14-18-13-15-5-7-16(8-6-15)19-9-11-21-12-10-19/h5-8,18,20H,3-4,9-14H2,1-2H3. The molecule has 1 aliphatic rings. The Morgan fingerprint density at radius 1 is 1.14 bits per heavy atom. The summed E-state index contributed by atoms with van der Waals surface area (Å²) in [5.74, 6) is 0. The van der Waals surface area contributed by atoms with E-state index in [4.69, 9.17) is 4.74 Å². The van der Waals surface area contributed by atoms with Crippen molar-refractivity contribution >= 4 is 5.69 Å². The summed E-state index contributed by atoms with van der Waals surface area (Å²) in [7, 11) is 0. The number of hydrogen-bond acceptors (Lipinski definition) is 4. The van der Waals surface area contributed by atoms with Gasteiger partial charge in [0.1, 0.15) is 0 Å². The lowest BCUT2D eigenvalue weighted by atomic mass is 9.97. The summed E-state index contributed by atoms with van der Waals surface area (Å²) in [5.41, 5.74) is 1.94. The fraction of sp³-hybridized carbons (Fsp3) is 0.647. The second-order valence-corrected chi connectivity index (χ2v) is 5.80. The quantitative estimate of drug-likeness (QED) is 0.808. The predicted octanol–water partition coefficient (Wildman–Crippen LogP) is 2.16. The average Bonchev–Trinajstić information content (AvgIpc) is 2.56. The number of ether oxygens (including phenoxy) is 1. The van der Waals surface area contributed by atoms with Crippen molar-refractivity contribution in [2.45, 2.75) is 38.8 Å². The van der Waals surface area contributed by atoms with Gasteiger partial charge in [0, 0.05) is 31.9 Å². The first-order chi connectivity index (χ1) is 10.2. The highest BCUT2D eigenvalue weighted by molar-refractivity contribution is 5.47. The number of anilines is 1. The topological polar surface area (TPSA) is 44.7 Å². The van der Waals surface area contributed by atoms with E-state index in [1.54, 1.807) is 0 Å². The van der Waals surface area contributed by atoms with Gasteiger partial charge in [0.05, 0.1) is 18.8 Å². The molecular formula is C17H28N2O2. The lowest BCUT2D eigenvalue weighted by molar-refractivity contribution is 0.0323. The summed E-state index contributed by atoms with van der Waals surface area (Å²) in [6.07, 6.45) is 1.57. The van der Waals surface area contributed by atoms with Crippen LogP contribution in [0.2, 0.25) is 0 Å². The Labute approximate surface area is 128 Å². The van der Waals surface area contributed by atoms with E-state index < -0.39 is 5.60 Å². The second-order valence-electron chi connectivity index (χ2n) is 5.80. The lowest BCUT2D eigenvalue weighted by Crippen LogP contribution is -2.39. The third kappa shape index (κ3) is 4.70. The molecule has 1 aromatic carbocycles. The van der Waals surface area contributed by atoms with Crippen LogP contribution in [0.5, 0.6) is 0 Å². The van der Waals surface area contributed by atoms with Gasteiger partial charge in [0.2, 0.25) is 0 Å². The molecule has 0 unspecified atom stereocenters. The van der Waals surface area contributed by atoms with Crippen molar-refractivity contribution in [3.05, 3.63) is 29.8 Å². The summed E-state index contributed by atoms with van der Waals surface area (Å²) in [6, 6.07) is 8.67. The van der Waals surface area contributed by atoms with Crippen LogP contribution in [0.1, 0.15) is 32.3 Å². The van der Waals surface area contributed by atoms with E-state index in [9.17, 15) is 5.11 Å². The van der Waals surface area contributed by atoms with Gasteiger partial charge < -0.3 is 20.1 Å². The first kappa shape index (κ1) is 16.3. The van der Waals surface area contributed by atoms with E-state index in [-0.39, 0.29) is 0 Å². The molecule has 118 valence electrons. The van der Waals surface area contributed by atoms with Crippen LogP contribution in [0.15, 0.2) is 24.3 Å². The molecule has 0 amide bonds. The molecule has 1 fully saturated rings. The zero-order chi connectivity index (χ0) is 15.1. The summed E-state index contributed by atoms with van der Waals surface area (Å²) < 4.78 is 5.38. The van der Waals surface area contributed by atoms with E-state index in [0.29, 0.717) is 6.54 Å². The van der Waals surface area contributed by atoms with Gasteiger partial charge in [0.25, 0.3) is 0 Å². The van der Waals surface area contributed by atoms with Crippen LogP contribution in [0.3, 0.4) is 0 Å². The maximum Gasteiger partial charge on any atom is 0.0766 e. The smallest absolute Gasteiger partial charge is 0.0766 e. The Balaban J connectivity index is 1.82. The predicted molar refractivity (Wildman–Crippen MR) is 86.7 cm³/mol. The van der Waals surface area contributed by atoms with Gasteiger partial charge in [-0.1, -0.05) is 26.0 Å². The molecule has 2 rings (SSSR count). The largest absolute Gasteiger partial charge is 0.389 e. The first-order valence-electron chi connectivity index (χ1n) is 8.01. The number of benzene rings is 1. The van der Waals surface area contributed by atoms with Crippen LogP contribution in [-0.2, 0) is 11.3 Å². The fourth-order valence-corrected chi connectivity index (χ4v) is 2.59. The van der Waals surface area contributed by atoms with Gasteiger partial charge in [-0.25, -0.2) is 0 Å². The lowest BCUT2D eigenvalue weighted by Gasteiger charge is -2.29. The first-order valence-corrected chi connectivity index (χ1v) is 8.01. The molecule has 0 radical (unpaired) electrons. The highest BCUT2D eigenvalue weighted by Gasteiger charge is 2.21. The molecule has 1 aliphatic heterocycles. The number of nitrogens with zero attached hydrogens (tertiary/aromatic N) is 1. The molecule has 4 nitrogen and oxygen atoms in total. The van der Waals surface area contributed by atoms with E-state index in [1.807, 2.05) is 13.8 Å². The molecule has 1 heterocycles. The molecule has 1 aromatic rings. The van der Waals surface area contributed by atoms with Crippen molar-refractivity contribution in [3.63, 3.8) is 0 Å². The van der Waals surface area contributed by atoms with E-state index in [0.717, 1.165) is 45.7 Å². The summed E-state index contributed by atoms with van der Waals surface area (Å²) >= 11 is 0. The van der Waals surface area contributed by atoms with Gasteiger partial charge in [-0.05, 0) is 30.5 Å². The maximum absolute atomic E-state index is 10.2. The van der Waals surface area contributed by atoms with Crippen molar-refractivity contribution in [1.29, 1.82) is 0 Å². The van der Waals surface area contributed by atoms with Crippen molar-refractivity contribution in [1.82, 2.24) is 5.32 Å². The van der Waals surface area contributed by atoms with E-state index in [1.165, 1.54) is 11.3 Å². The van der Waals surface area contributed by atoms with Crippen molar-refractivity contribution in [2.75, 3.05) is 37.7 Å². The van der Waals surface area contributed by atoms with Crippen molar-refractivity contribution < 1.29 is 9.84 Å². The normalized spacial score (nSPS) is 16.2. The number of hydrogen-bond donors (Lipinski definition) is 2. The maximum atomic E-state index is 10.2. The Bertz CT molecular complexity index is 409. The van der Waals surface area contributed by atoms with Gasteiger partial charge >= 0.3 is 0 Å². The number of nitrogens with one attached hydrogen (secondary N) is 1. The SMILES string of the molecule is CCC(O)(CC)CNCc1ccc(N2CCOCC2)cc1. The fourth-order valence-electron chi connectivity index (χ4n) is 2.59. The van der Waals surface area contributed by atoms with Crippen LogP contribution < -0.4 is 10.2 Å². The Hall–Kier alpha value is -1.10. The summed E-state index contributed by atoms with van der Waals surface area (Å²) in [5, 5.41) is 13.6. The average molecular weight is 292 g/mol. The summed E-state index contributed by atoms with van der Waals surface area (Å²) in [4.78, 5) is 2.35. The van der Waals surface area contributed by atoms with Gasteiger partial charge in [-0.15, -0.1) is 0 Å². The monoisotopic (exact) mass is 292 g/mol. The molecule has 2 N–H and O–H groups in total. The minimum atomic E-state index is -0.576. The van der Waals surface area contributed by atoms with Crippen LogP contribution in [-0.4, -0.2) is 43.6 Å². The number of aliphatic hydroxyl groups is 1. The van der Waals surface area contributed by atoms with Crippen LogP contribution in [0, 0.1) is 0 Å². The Kier molecular flexibility index (Phi) is 6.03. The third-order valence-electron chi connectivity index (χ3n) is 4.41. The molecule has 21 heavy (non-hydrogen) atoms. The van der Waals surface area contributed by atoms with Crippen LogP contribution in [0.25, 0.3) is 0 Å². The zero-order valence-corrected chi connectivity index (χ0v) is 13.3. The summed E-state index contributed by atoms with van der Waals surface area (Å²) in [6.45, 7) is 9.07. The minimum absolute atomic E-state index is 0.576. The van der Waals surface area contributed by atoms with E-state index >= 15 is 0 Å². The highest BCUT2D eigenvalue weighted by Crippen LogP contribution is 2.17. The van der Waals surface area contributed by atoms with Gasteiger partial charge in [-0.3, -0.25) is 0 Å². The van der Waals surface area contributed by atoms with Gasteiger partial charge in [-0.2, -0.15) is 0 Å². The molecular weight excluding hydrogens is 264 g/mol. The molecule has 0 bridgehead atoms.